The summed E-state index contributed by atoms with van der Waals surface area (Å²) in [5.74, 6) is 1.96. The Morgan fingerprint density at radius 1 is 1.28 bits per heavy atom. The highest BCUT2D eigenvalue weighted by molar-refractivity contribution is 7.99. The molecule has 1 rings (SSSR count). The van der Waals surface area contributed by atoms with E-state index in [4.69, 9.17) is 0 Å². The van der Waals surface area contributed by atoms with Crippen LogP contribution in [0.5, 0.6) is 0 Å². The summed E-state index contributed by atoms with van der Waals surface area (Å²) >= 11 is 1.90. The third kappa shape index (κ3) is 5.87. The van der Waals surface area contributed by atoms with Crippen LogP contribution in [0.25, 0.3) is 0 Å². The molecule has 1 aromatic rings. The molecule has 1 atom stereocenters. The fraction of sp³-hybridized carbons (Fsp3) is 0.667. The molecule has 102 valence electrons. The number of hydrogen-bond donors (Lipinski definition) is 1. The average molecular weight is 266 g/mol. The molecular weight excluding hydrogens is 240 g/mol. The molecule has 18 heavy (non-hydrogen) atoms. The fourth-order valence-corrected chi connectivity index (χ4v) is 2.73. The van der Waals surface area contributed by atoms with Crippen molar-refractivity contribution in [3.8, 4) is 0 Å². The summed E-state index contributed by atoms with van der Waals surface area (Å²) in [4.78, 5) is 5.83. The molecule has 1 N–H and O–H groups in total. The Bertz CT molecular complexity index is 322. The Labute approximate surface area is 116 Å². The quantitative estimate of drug-likeness (QED) is 0.711. The highest BCUT2D eigenvalue weighted by atomic mass is 32.2. The fourth-order valence-electron chi connectivity index (χ4n) is 1.61. The van der Waals surface area contributed by atoms with Crippen LogP contribution in [0.4, 0.5) is 0 Å². The van der Waals surface area contributed by atoms with Crippen molar-refractivity contribution in [2.45, 2.75) is 51.5 Å². The highest BCUT2D eigenvalue weighted by Gasteiger charge is 2.05. The molecule has 0 aliphatic carbocycles. The van der Waals surface area contributed by atoms with Gasteiger partial charge in [0.2, 0.25) is 0 Å². The maximum atomic E-state index is 4.55. The van der Waals surface area contributed by atoms with Gasteiger partial charge in [0, 0.05) is 17.1 Å². The molecule has 0 bridgehead atoms. The van der Waals surface area contributed by atoms with Crippen molar-refractivity contribution in [1.29, 1.82) is 0 Å². The van der Waals surface area contributed by atoms with Gasteiger partial charge >= 0.3 is 0 Å². The van der Waals surface area contributed by atoms with Crippen LogP contribution in [-0.4, -0.2) is 17.3 Å². The minimum Gasteiger partial charge on any atom is -0.309 e. The lowest BCUT2D eigenvalue weighted by Gasteiger charge is -2.13. The zero-order valence-electron chi connectivity index (χ0n) is 12.1. The molecule has 0 saturated carbocycles. The summed E-state index contributed by atoms with van der Waals surface area (Å²) in [5, 5.41) is 3.46. The van der Waals surface area contributed by atoms with Crippen molar-refractivity contribution in [3.63, 3.8) is 0 Å². The second-order valence-corrected chi connectivity index (χ2v) is 6.29. The van der Waals surface area contributed by atoms with Gasteiger partial charge in [-0.1, -0.05) is 20.8 Å². The smallest absolute Gasteiger partial charge is 0.0571 e. The van der Waals surface area contributed by atoms with E-state index in [1.807, 2.05) is 18.0 Å². The Morgan fingerprint density at radius 2 is 2.06 bits per heavy atom. The highest BCUT2D eigenvalue weighted by Crippen LogP contribution is 2.21. The van der Waals surface area contributed by atoms with E-state index in [0.717, 1.165) is 24.6 Å². The first-order valence-electron chi connectivity index (χ1n) is 6.95. The van der Waals surface area contributed by atoms with Gasteiger partial charge in [-0.3, -0.25) is 4.98 Å². The zero-order chi connectivity index (χ0) is 13.4. The van der Waals surface area contributed by atoms with Gasteiger partial charge in [0.1, 0.15) is 0 Å². The van der Waals surface area contributed by atoms with Gasteiger partial charge in [-0.2, -0.15) is 0 Å². The van der Waals surface area contributed by atoms with E-state index in [2.05, 4.69) is 50.1 Å². The second-order valence-electron chi connectivity index (χ2n) is 5.13. The molecule has 0 radical (unpaired) electrons. The van der Waals surface area contributed by atoms with Crippen LogP contribution in [0.2, 0.25) is 0 Å². The van der Waals surface area contributed by atoms with Gasteiger partial charge < -0.3 is 5.32 Å². The molecule has 0 saturated heterocycles. The second kappa shape index (κ2) is 8.54. The Morgan fingerprint density at radius 3 is 2.61 bits per heavy atom. The van der Waals surface area contributed by atoms with E-state index in [-0.39, 0.29) is 0 Å². The summed E-state index contributed by atoms with van der Waals surface area (Å²) < 4.78 is 0. The van der Waals surface area contributed by atoms with E-state index in [0.29, 0.717) is 6.04 Å². The van der Waals surface area contributed by atoms with E-state index in [1.165, 1.54) is 17.1 Å². The van der Waals surface area contributed by atoms with Crippen molar-refractivity contribution in [1.82, 2.24) is 10.3 Å². The van der Waals surface area contributed by atoms with Gasteiger partial charge in [-0.25, -0.2) is 0 Å². The van der Waals surface area contributed by atoms with Gasteiger partial charge in [0.25, 0.3) is 0 Å². The Balaban J connectivity index is 2.41. The van der Waals surface area contributed by atoms with Crippen molar-refractivity contribution in [3.05, 3.63) is 24.0 Å². The zero-order valence-corrected chi connectivity index (χ0v) is 12.9. The van der Waals surface area contributed by atoms with Crippen LogP contribution >= 0.6 is 11.8 Å². The molecule has 1 heterocycles. The van der Waals surface area contributed by atoms with Crippen LogP contribution in [0.3, 0.4) is 0 Å². The van der Waals surface area contributed by atoms with Gasteiger partial charge in [0.15, 0.2) is 0 Å². The topological polar surface area (TPSA) is 24.9 Å². The molecule has 0 fully saturated rings. The third-order valence-electron chi connectivity index (χ3n) is 2.87. The van der Waals surface area contributed by atoms with Crippen LogP contribution in [0.1, 0.15) is 52.3 Å². The molecule has 2 nitrogen and oxygen atoms in total. The molecule has 0 aliphatic heterocycles. The van der Waals surface area contributed by atoms with Crippen molar-refractivity contribution in [2.75, 3.05) is 12.3 Å². The standard InChI is InChI=1S/C15H26N2S/c1-5-9-16-13(4)15-7-6-14(11-17-15)18-10-8-12(2)3/h6-7,11-13,16H,5,8-10H2,1-4H3. The maximum absolute atomic E-state index is 4.55. The molecule has 3 heteroatoms. The van der Waals surface area contributed by atoms with Crippen LogP contribution in [0.15, 0.2) is 23.2 Å². The summed E-state index contributed by atoms with van der Waals surface area (Å²) in [7, 11) is 0. The SMILES string of the molecule is CCCNC(C)c1ccc(SCCC(C)C)cn1. The Kier molecular flexibility index (Phi) is 7.36. The normalized spacial score (nSPS) is 12.9. The minimum atomic E-state index is 0.347. The monoisotopic (exact) mass is 266 g/mol. The number of nitrogens with zero attached hydrogens (tertiary/aromatic N) is 1. The lowest BCUT2D eigenvalue weighted by atomic mass is 10.2. The van der Waals surface area contributed by atoms with Gasteiger partial charge in [-0.05, 0) is 50.1 Å². The predicted molar refractivity (Wildman–Crippen MR) is 81.1 cm³/mol. The van der Waals surface area contributed by atoms with Crippen molar-refractivity contribution >= 4 is 11.8 Å². The largest absolute Gasteiger partial charge is 0.309 e. The molecule has 1 unspecified atom stereocenters. The first-order chi connectivity index (χ1) is 8.63. The molecule has 0 amide bonds. The van der Waals surface area contributed by atoms with E-state index < -0.39 is 0 Å². The van der Waals surface area contributed by atoms with Crippen LogP contribution in [-0.2, 0) is 0 Å². The number of pyridine rings is 1. The van der Waals surface area contributed by atoms with Gasteiger partial charge in [-0.15, -0.1) is 11.8 Å². The number of aromatic nitrogens is 1. The average Bonchev–Trinajstić information content (AvgIpc) is 2.36. The summed E-state index contributed by atoms with van der Waals surface area (Å²) in [6.07, 6.45) is 4.43. The lowest BCUT2D eigenvalue weighted by molar-refractivity contribution is 0.558. The summed E-state index contributed by atoms with van der Waals surface area (Å²) in [6.45, 7) is 9.94. The molecule has 0 spiro atoms. The van der Waals surface area contributed by atoms with E-state index in [1.54, 1.807) is 0 Å². The lowest BCUT2D eigenvalue weighted by Crippen LogP contribution is -2.20. The molecule has 1 aromatic heterocycles. The first-order valence-corrected chi connectivity index (χ1v) is 7.94. The van der Waals surface area contributed by atoms with Gasteiger partial charge in [0.05, 0.1) is 5.69 Å². The number of thioether (sulfide) groups is 1. The third-order valence-corrected chi connectivity index (χ3v) is 3.88. The molecular formula is C15H26N2S. The van der Waals surface area contributed by atoms with Crippen molar-refractivity contribution in [2.24, 2.45) is 5.92 Å². The number of hydrogen-bond acceptors (Lipinski definition) is 3. The van der Waals surface area contributed by atoms with Crippen LogP contribution in [0, 0.1) is 5.92 Å². The number of rotatable bonds is 8. The molecule has 0 aliphatic rings. The van der Waals surface area contributed by atoms with Crippen molar-refractivity contribution < 1.29 is 0 Å². The summed E-state index contributed by atoms with van der Waals surface area (Å²) in [6, 6.07) is 4.68. The molecule has 0 aromatic carbocycles. The van der Waals surface area contributed by atoms with E-state index in [9.17, 15) is 0 Å². The minimum absolute atomic E-state index is 0.347. The van der Waals surface area contributed by atoms with E-state index >= 15 is 0 Å². The predicted octanol–water partition coefficient (Wildman–Crippen LogP) is 4.28. The maximum Gasteiger partial charge on any atom is 0.0571 e. The first kappa shape index (κ1) is 15.5. The van der Waals surface area contributed by atoms with Crippen LogP contribution < -0.4 is 5.32 Å². The summed E-state index contributed by atoms with van der Waals surface area (Å²) in [5.41, 5.74) is 1.14. The Hall–Kier alpha value is -0.540. The number of nitrogens with one attached hydrogen (secondary N) is 1.